The Morgan fingerprint density at radius 3 is 2.67 bits per heavy atom. The van der Waals surface area contributed by atoms with Crippen molar-refractivity contribution in [2.24, 2.45) is 0 Å². The van der Waals surface area contributed by atoms with E-state index in [4.69, 9.17) is 13.9 Å². The lowest BCUT2D eigenvalue weighted by atomic mass is 9.73. The van der Waals surface area contributed by atoms with Crippen LogP contribution in [0.5, 0.6) is 0 Å². The van der Waals surface area contributed by atoms with Gasteiger partial charge in [0.1, 0.15) is 0 Å². The van der Waals surface area contributed by atoms with Gasteiger partial charge in [-0.3, -0.25) is 9.69 Å². The number of methoxy groups -OCH3 is 1. The van der Waals surface area contributed by atoms with Crippen molar-refractivity contribution in [2.45, 2.75) is 43.4 Å². The first kappa shape index (κ1) is 16.1. The summed E-state index contributed by atoms with van der Waals surface area (Å²) in [5.41, 5.74) is 0.158. The topological polar surface area (TPSA) is 55.2 Å². The van der Waals surface area contributed by atoms with Gasteiger partial charge in [-0.2, -0.15) is 0 Å². The zero-order valence-corrected chi connectivity index (χ0v) is 14.3. The third-order valence-corrected chi connectivity index (χ3v) is 6.10. The van der Waals surface area contributed by atoms with E-state index in [-0.39, 0.29) is 11.4 Å². The van der Waals surface area contributed by atoms with Crippen LogP contribution in [-0.2, 0) is 9.47 Å². The Kier molecular flexibility index (Phi) is 4.37. The Bertz CT molecular complexity index is 560. The largest absolute Gasteiger partial charge is 0.459 e. The summed E-state index contributed by atoms with van der Waals surface area (Å²) in [6.45, 7) is 4.25. The number of ether oxygens (including phenoxy) is 2. The Morgan fingerprint density at radius 1 is 1.29 bits per heavy atom. The molecule has 6 heteroatoms. The van der Waals surface area contributed by atoms with Gasteiger partial charge in [0, 0.05) is 46.0 Å². The average Bonchev–Trinajstić information content (AvgIpc) is 3.16. The molecule has 0 bridgehead atoms. The molecule has 6 nitrogen and oxygen atoms in total. The van der Waals surface area contributed by atoms with Crippen LogP contribution in [0, 0.1) is 0 Å². The van der Waals surface area contributed by atoms with Crippen LogP contribution in [0.2, 0.25) is 0 Å². The van der Waals surface area contributed by atoms with Gasteiger partial charge in [-0.25, -0.2) is 0 Å². The van der Waals surface area contributed by atoms with Crippen molar-refractivity contribution in [1.29, 1.82) is 0 Å². The van der Waals surface area contributed by atoms with E-state index in [0.717, 1.165) is 58.5 Å². The minimum Gasteiger partial charge on any atom is -0.459 e. The highest BCUT2D eigenvalue weighted by atomic mass is 16.5. The van der Waals surface area contributed by atoms with Crippen LogP contribution in [0.15, 0.2) is 22.8 Å². The van der Waals surface area contributed by atoms with E-state index < -0.39 is 0 Å². The third kappa shape index (κ3) is 2.57. The Morgan fingerprint density at radius 2 is 2.04 bits per heavy atom. The second-order valence-electron chi connectivity index (χ2n) is 7.09. The SMILES string of the molecule is COC1CN(C2CCN(C(=O)c3ccco3)CC2)C12CCOCC2. The van der Waals surface area contributed by atoms with E-state index in [2.05, 4.69) is 4.90 Å². The number of furan rings is 1. The van der Waals surface area contributed by atoms with Gasteiger partial charge >= 0.3 is 0 Å². The van der Waals surface area contributed by atoms with Crippen LogP contribution in [0.25, 0.3) is 0 Å². The van der Waals surface area contributed by atoms with Crippen LogP contribution >= 0.6 is 0 Å². The van der Waals surface area contributed by atoms with Gasteiger partial charge in [-0.15, -0.1) is 0 Å². The summed E-state index contributed by atoms with van der Waals surface area (Å²) in [6.07, 6.45) is 6.02. The minimum atomic E-state index is 0.0117. The van der Waals surface area contributed by atoms with Gasteiger partial charge < -0.3 is 18.8 Å². The van der Waals surface area contributed by atoms with Crippen LogP contribution in [0.3, 0.4) is 0 Å². The molecule has 1 atom stereocenters. The molecule has 3 fully saturated rings. The molecule has 4 rings (SSSR count). The van der Waals surface area contributed by atoms with E-state index in [1.165, 1.54) is 0 Å². The van der Waals surface area contributed by atoms with Crippen LogP contribution in [0.1, 0.15) is 36.2 Å². The van der Waals surface area contributed by atoms with Crippen molar-refractivity contribution in [3.8, 4) is 0 Å². The number of nitrogens with zero attached hydrogens (tertiary/aromatic N) is 2. The molecule has 0 aliphatic carbocycles. The van der Waals surface area contributed by atoms with Crippen molar-refractivity contribution in [3.05, 3.63) is 24.2 Å². The third-order valence-electron chi connectivity index (χ3n) is 6.10. The first-order valence-electron chi connectivity index (χ1n) is 8.95. The highest BCUT2D eigenvalue weighted by molar-refractivity contribution is 5.91. The molecule has 4 heterocycles. The molecule has 0 radical (unpaired) electrons. The summed E-state index contributed by atoms with van der Waals surface area (Å²) in [5.74, 6) is 0.454. The van der Waals surface area contributed by atoms with E-state index >= 15 is 0 Å². The van der Waals surface area contributed by atoms with Gasteiger partial charge in [-0.05, 0) is 37.8 Å². The first-order chi connectivity index (χ1) is 11.7. The van der Waals surface area contributed by atoms with Crippen LogP contribution < -0.4 is 0 Å². The van der Waals surface area contributed by atoms with Crippen LogP contribution in [0.4, 0.5) is 0 Å². The molecular formula is C18H26N2O4. The predicted molar refractivity (Wildman–Crippen MR) is 87.9 cm³/mol. The van der Waals surface area contributed by atoms with Gasteiger partial charge in [0.2, 0.25) is 0 Å². The van der Waals surface area contributed by atoms with Gasteiger partial charge in [-0.1, -0.05) is 0 Å². The van der Waals surface area contributed by atoms with Gasteiger partial charge in [0.25, 0.3) is 5.91 Å². The lowest BCUT2D eigenvalue weighted by Crippen LogP contribution is -2.75. The number of rotatable bonds is 3. The zero-order valence-electron chi connectivity index (χ0n) is 14.3. The summed E-state index contributed by atoms with van der Waals surface area (Å²) in [6, 6.07) is 4.04. The number of carbonyl (C=O) groups excluding carboxylic acids is 1. The molecule has 1 unspecified atom stereocenters. The molecule has 1 spiro atoms. The predicted octanol–water partition coefficient (Wildman–Crippen LogP) is 1.76. The normalized spacial score (nSPS) is 28.0. The molecular weight excluding hydrogens is 308 g/mol. The lowest BCUT2D eigenvalue weighted by Gasteiger charge is -2.63. The molecule has 0 N–H and O–H groups in total. The number of likely N-dealkylation sites (tertiary alicyclic amines) is 2. The fourth-order valence-corrected chi connectivity index (χ4v) is 4.68. The lowest BCUT2D eigenvalue weighted by molar-refractivity contribution is -0.207. The molecule has 0 saturated carbocycles. The number of hydrogen-bond donors (Lipinski definition) is 0. The number of hydrogen-bond acceptors (Lipinski definition) is 5. The molecule has 132 valence electrons. The quantitative estimate of drug-likeness (QED) is 0.843. The number of amides is 1. The fraction of sp³-hybridized carbons (Fsp3) is 0.722. The van der Waals surface area contributed by atoms with Crippen molar-refractivity contribution < 1.29 is 18.7 Å². The van der Waals surface area contributed by atoms with E-state index in [1.54, 1.807) is 18.4 Å². The van der Waals surface area contributed by atoms with Crippen molar-refractivity contribution in [1.82, 2.24) is 9.80 Å². The van der Waals surface area contributed by atoms with Crippen molar-refractivity contribution in [2.75, 3.05) is 40.0 Å². The van der Waals surface area contributed by atoms with Crippen molar-refractivity contribution >= 4 is 5.91 Å². The summed E-state index contributed by atoms with van der Waals surface area (Å²) >= 11 is 0. The second kappa shape index (κ2) is 6.50. The zero-order chi connectivity index (χ0) is 16.6. The minimum absolute atomic E-state index is 0.0117. The Labute approximate surface area is 142 Å². The standard InChI is InChI=1S/C18H26N2O4/c1-22-16-13-20(18(16)6-11-23-12-7-18)14-4-8-19(9-5-14)17(21)15-3-2-10-24-15/h2-3,10,14,16H,4-9,11-13H2,1H3. The maximum absolute atomic E-state index is 12.4. The Balaban J connectivity index is 1.38. The first-order valence-corrected chi connectivity index (χ1v) is 8.95. The fourth-order valence-electron chi connectivity index (χ4n) is 4.68. The summed E-state index contributed by atoms with van der Waals surface area (Å²) in [4.78, 5) is 17.0. The Hall–Kier alpha value is -1.37. The highest BCUT2D eigenvalue weighted by Crippen LogP contribution is 2.44. The van der Waals surface area contributed by atoms with Crippen molar-refractivity contribution in [3.63, 3.8) is 0 Å². The van der Waals surface area contributed by atoms with E-state index in [0.29, 0.717) is 17.9 Å². The molecule has 3 saturated heterocycles. The maximum atomic E-state index is 12.4. The summed E-state index contributed by atoms with van der Waals surface area (Å²) < 4.78 is 16.5. The molecule has 1 aromatic heterocycles. The van der Waals surface area contributed by atoms with Gasteiger partial charge in [0.15, 0.2) is 5.76 Å². The maximum Gasteiger partial charge on any atom is 0.289 e. The van der Waals surface area contributed by atoms with Crippen LogP contribution in [-0.4, -0.2) is 73.3 Å². The molecule has 3 aliphatic rings. The monoisotopic (exact) mass is 334 g/mol. The summed E-state index contributed by atoms with van der Waals surface area (Å²) in [7, 11) is 1.82. The van der Waals surface area contributed by atoms with Gasteiger partial charge in [0.05, 0.1) is 17.9 Å². The number of carbonyl (C=O) groups is 1. The van der Waals surface area contributed by atoms with E-state index in [9.17, 15) is 4.79 Å². The molecule has 1 amide bonds. The highest BCUT2D eigenvalue weighted by Gasteiger charge is 2.56. The molecule has 3 aliphatic heterocycles. The molecule has 24 heavy (non-hydrogen) atoms. The van der Waals surface area contributed by atoms with E-state index in [1.807, 2.05) is 12.0 Å². The molecule has 0 aromatic carbocycles. The summed E-state index contributed by atoms with van der Waals surface area (Å²) in [5, 5.41) is 0. The number of piperidine rings is 1. The second-order valence-corrected chi connectivity index (χ2v) is 7.09. The molecule has 1 aromatic rings. The average molecular weight is 334 g/mol. The smallest absolute Gasteiger partial charge is 0.289 e.